The van der Waals surface area contributed by atoms with Crippen LogP contribution in [0.1, 0.15) is 24.8 Å². The van der Waals surface area contributed by atoms with Crippen LogP contribution in [0.3, 0.4) is 0 Å². The van der Waals surface area contributed by atoms with E-state index in [-0.39, 0.29) is 36.6 Å². The molecule has 0 spiro atoms. The molecule has 2 unspecified atom stereocenters. The number of hydrogen-bond donors (Lipinski definition) is 1. The first kappa shape index (κ1) is 31.7. The molecule has 3 atom stereocenters. The minimum absolute atomic E-state index is 0.00750. The number of hydrogen-bond acceptors (Lipinski definition) is 3. The Hall–Kier alpha value is -2.28. The number of ketones is 1. The summed E-state index contributed by atoms with van der Waals surface area (Å²) in [5.74, 6) is -1.50. The van der Waals surface area contributed by atoms with Crippen LogP contribution in [0.2, 0.25) is 0 Å². The van der Waals surface area contributed by atoms with Gasteiger partial charge in [0.25, 0.3) is 0 Å². The van der Waals surface area contributed by atoms with Gasteiger partial charge in [0.1, 0.15) is 11.9 Å². The molecule has 0 radical (unpaired) electrons. The quantitative estimate of drug-likeness (QED) is 0.240. The van der Waals surface area contributed by atoms with Gasteiger partial charge in [-0.3, -0.25) is 14.4 Å². The van der Waals surface area contributed by atoms with Crippen LogP contribution in [-0.2, 0) is 20.8 Å². The molecule has 41 heavy (non-hydrogen) atoms. The molecule has 5 nitrogen and oxygen atoms in total. The molecule has 2 amide bonds. The van der Waals surface area contributed by atoms with Crippen LogP contribution in [0.15, 0.2) is 98.1 Å². The van der Waals surface area contributed by atoms with Gasteiger partial charge in [-0.05, 0) is 48.5 Å². The molecule has 3 aliphatic rings. The maximum atomic E-state index is 14.0. The summed E-state index contributed by atoms with van der Waals surface area (Å²) in [4.78, 5) is 41.7. The van der Waals surface area contributed by atoms with Crippen molar-refractivity contribution in [1.82, 2.24) is 10.2 Å². The summed E-state index contributed by atoms with van der Waals surface area (Å²) in [7, 11) is 0. The van der Waals surface area contributed by atoms with E-state index in [4.69, 9.17) is 58.0 Å². The van der Waals surface area contributed by atoms with Crippen LogP contribution in [0.25, 0.3) is 0 Å². The monoisotopic (exact) mass is 652 g/mol. The van der Waals surface area contributed by atoms with E-state index in [0.717, 1.165) is 11.1 Å². The van der Waals surface area contributed by atoms with Gasteiger partial charge in [-0.25, -0.2) is 0 Å². The summed E-state index contributed by atoms with van der Waals surface area (Å²) in [5, 5.41) is 4.67. The Bertz CT molecular complexity index is 1380. The number of halogens is 5. The highest BCUT2D eigenvalue weighted by Gasteiger charge is 2.37. The third kappa shape index (κ3) is 8.62. The molecule has 216 valence electrons. The molecule has 0 saturated carbocycles. The number of piperidine rings is 1. The first-order valence-electron chi connectivity index (χ1n) is 13.2. The SMILES string of the molecule is O=C(CCl)N[C@@H](Cc1ccccc1)C(=O)N1C/C(=C\C2=CC=C(Cl)C(Cl)=CC2)C(=O)C(CC2C=CC(Cl)=C(Cl)C2)C1. The fraction of sp³-hybridized carbons (Fsp3) is 0.323. The summed E-state index contributed by atoms with van der Waals surface area (Å²) in [6.45, 7) is 0.322. The number of allylic oxidation sites excluding steroid dienone is 11. The number of amides is 2. The van der Waals surface area contributed by atoms with Crippen molar-refractivity contribution in [3.8, 4) is 0 Å². The lowest BCUT2D eigenvalue weighted by Gasteiger charge is -2.37. The van der Waals surface area contributed by atoms with Gasteiger partial charge >= 0.3 is 0 Å². The largest absolute Gasteiger partial charge is 0.343 e. The smallest absolute Gasteiger partial charge is 0.245 e. The third-order valence-electron chi connectivity index (χ3n) is 7.19. The van der Waals surface area contributed by atoms with Crippen molar-refractivity contribution in [2.24, 2.45) is 11.8 Å². The Balaban J connectivity index is 1.63. The molecule has 1 heterocycles. The van der Waals surface area contributed by atoms with Gasteiger partial charge in [0.05, 0.1) is 15.1 Å². The van der Waals surface area contributed by atoms with Crippen LogP contribution < -0.4 is 5.32 Å². The summed E-state index contributed by atoms with van der Waals surface area (Å²) in [5.41, 5.74) is 2.22. The number of carbonyl (C=O) groups is 3. The van der Waals surface area contributed by atoms with E-state index in [1.54, 1.807) is 23.1 Å². The lowest BCUT2D eigenvalue weighted by Crippen LogP contribution is -2.54. The van der Waals surface area contributed by atoms with Gasteiger partial charge in [-0.15, -0.1) is 11.6 Å². The summed E-state index contributed by atoms with van der Waals surface area (Å²) in [6.07, 6.45) is 12.6. The van der Waals surface area contributed by atoms with Crippen molar-refractivity contribution >= 4 is 75.6 Å². The van der Waals surface area contributed by atoms with Crippen molar-refractivity contribution in [2.75, 3.05) is 19.0 Å². The number of carbonyl (C=O) groups excluding carboxylic acids is 3. The highest BCUT2D eigenvalue weighted by Crippen LogP contribution is 2.35. The predicted molar refractivity (Wildman–Crippen MR) is 167 cm³/mol. The Labute approximate surface area is 265 Å². The number of likely N-dealkylation sites (tertiary alicyclic amines) is 1. The maximum absolute atomic E-state index is 14.0. The van der Waals surface area contributed by atoms with E-state index in [0.29, 0.717) is 51.4 Å². The zero-order valence-corrected chi connectivity index (χ0v) is 25.9. The third-order valence-corrected chi connectivity index (χ3v) is 9.03. The molecule has 1 aliphatic heterocycles. The van der Waals surface area contributed by atoms with Crippen LogP contribution in [0.5, 0.6) is 0 Å². The van der Waals surface area contributed by atoms with Crippen molar-refractivity contribution in [2.45, 2.75) is 31.7 Å². The maximum Gasteiger partial charge on any atom is 0.245 e. The molecule has 2 aliphatic carbocycles. The first-order valence-corrected chi connectivity index (χ1v) is 15.3. The van der Waals surface area contributed by atoms with Crippen LogP contribution in [0, 0.1) is 11.8 Å². The zero-order valence-electron chi connectivity index (χ0n) is 22.1. The Morgan fingerprint density at radius 3 is 2.54 bits per heavy atom. The van der Waals surface area contributed by atoms with Crippen molar-refractivity contribution in [1.29, 1.82) is 0 Å². The zero-order chi connectivity index (χ0) is 29.5. The topological polar surface area (TPSA) is 66.5 Å². The number of Topliss-reactive ketones (excluding diaryl/α,β-unsaturated/α-hetero) is 1. The van der Waals surface area contributed by atoms with Gasteiger partial charge in [0.2, 0.25) is 11.8 Å². The molecule has 1 aromatic carbocycles. The second-order valence-electron chi connectivity index (χ2n) is 10.2. The number of nitrogens with zero attached hydrogens (tertiary/aromatic N) is 1. The molecule has 10 heteroatoms. The molecule has 1 fully saturated rings. The standard InChI is InChI=1S/C31H29Cl5N2O3/c32-16-29(39)37-28(15-19-4-2-1-3-5-19)31(41)38-17-22(12-20-6-9-24(33)25(34)10-7-20)30(40)23(18-38)13-21-8-11-26(35)27(36)14-21/h1-6,8-12,21,23,28H,7,13-18H2,(H,37,39)/b22-12+/t21?,23?,28-/m0/s1. The van der Waals surface area contributed by atoms with Gasteiger partial charge in [0, 0.05) is 36.0 Å². The van der Waals surface area contributed by atoms with Gasteiger partial charge in [-0.2, -0.15) is 0 Å². The summed E-state index contributed by atoms with van der Waals surface area (Å²) in [6, 6.07) is 8.59. The molecule has 1 N–H and O–H groups in total. The van der Waals surface area contributed by atoms with Crippen molar-refractivity contribution in [3.05, 3.63) is 104 Å². The highest BCUT2D eigenvalue weighted by molar-refractivity contribution is 6.44. The number of rotatable bonds is 8. The van der Waals surface area contributed by atoms with Gasteiger partial charge in [0.15, 0.2) is 5.78 Å². The van der Waals surface area contributed by atoms with Crippen molar-refractivity contribution < 1.29 is 14.4 Å². The van der Waals surface area contributed by atoms with Crippen LogP contribution in [0.4, 0.5) is 0 Å². The predicted octanol–water partition coefficient (Wildman–Crippen LogP) is 7.14. The Kier molecular flexibility index (Phi) is 11.4. The normalized spacial score (nSPS) is 23.0. The van der Waals surface area contributed by atoms with E-state index in [9.17, 15) is 14.4 Å². The molecule has 4 rings (SSSR count). The Morgan fingerprint density at radius 1 is 1.07 bits per heavy atom. The van der Waals surface area contributed by atoms with E-state index in [2.05, 4.69) is 5.32 Å². The van der Waals surface area contributed by atoms with Gasteiger partial charge in [-0.1, -0.05) is 101 Å². The van der Waals surface area contributed by atoms with E-state index in [1.807, 2.05) is 48.6 Å². The average Bonchev–Trinajstić information content (AvgIpc) is 3.12. The molecular weight excluding hydrogens is 626 g/mol. The molecule has 0 bridgehead atoms. The average molecular weight is 655 g/mol. The number of benzene rings is 1. The van der Waals surface area contributed by atoms with E-state index in [1.165, 1.54) is 0 Å². The minimum atomic E-state index is -0.843. The van der Waals surface area contributed by atoms with E-state index >= 15 is 0 Å². The van der Waals surface area contributed by atoms with Crippen molar-refractivity contribution in [3.63, 3.8) is 0 Å². The molecule has 1 aromatic rings. The molecule has 1 saturated heterocycles. The lowest BCUT2D eigenvalue weighted by atomic mass is 9.82. The first-order chi connectivity index (χ1) is 19.6. The molecular formula is C31H29Cl5N2O3. The fourth-order valence-corrected chi connectivity index (χ4v) is 5.89. The summed E-state index contributed by atoms with van der Waals surface area (Å²) < 4.78 is 0. The second-order valence-corrected chi connectivity index (χ2v) is 12.2. The fourth-order valence-electron chi connectivity index (χ4n) is 5.13. The van der Waals surface area contributed by atoms with Crippen LogP contribution >= 0.6 is 58.0 Å². The highest BCUT2D eigenvalue weighted by atomic mass is 35.5. The Morgan fingerprint density at radius 2 is 1.83 bits per heavy atom. The van der Waals surface area contributed by atoms with Crippen LogP contribution in [-0.4, -0.2) is 47.5 Å². The number of alkyl halides is 1. The summed E-state index contributed by atoms with van der Waals surface area (Å²) >= 11 is 30.6. The van der Waals surface area contributed by atoms with Gasteiger partial charge < -0.3 is 10.2 Å². The minimum Gasteiger partial charge on any atom is -0.343 e. The molecule has 0 aromatic heterocycles. The second kappa shape index (κ2) is 14.8. The number of nitrogens with one attached hydrogen (secondary N) is 1. The lowest BCUT2D eigenvalue weighted by molar-refractivity contribution is -0.138. The van der Waals surface area contributed by atoms with E-state index < -0.39 is 17.9 Å².